The molecule has 2 fully saturated rings. The number of aliphatic hydroxyl groups is 1. The van der Waals surface area contributed by atoms with E-state index in [1.165, 1.54) is 11.1 Å². The van der Waals surface area contributed by atoms with Crippen molar-refractivity contribution in [3.8, 4) is 0 Å². The van der Waals surface area contributed by atoms with Crippen LogP contribution in [0.15, 0.2) is 22.8 Å². The van der Waals surface area contributed by atoms with Gasteiger partial charge in [-0.25, -0.2) is 0 Å². The van der Waals surface area contributed by atoms with Gasteiger partial charge in [0.1, 0.15) is 5.78 Å². The molecule has 0 radical (unpaired) electrons. The van der Waals surface area contributed by atoms with Crippen molar-refractivity contribution in [2.75, 3.05) is 6.61 Å². The van der Waals surface area contributed by atoms with Crippen molar-refractivity contribution in [2.24, 2.45) is 23.2 Å². The summed E-state index contributed by atoms with van der Waals surface area (Å²) in [6.45, 7) is 8.16. The zero-order chi connectivity index (χ0) is 20.5. The van der Waals surface area contributed by atoms with Crippen molar-refractivity contribution in [1.82, 2.24) is 0 Å². The van der Waals surface area contributed by atoms with Gasteiger partial charge in [0.15, 0.2) is 0 Å². The highest BCUT2D eigenvalue weighted by molar-refractivity contribution is 5.83. The Balaban J connectivity index is 1.94. The molecule has 0 heterocycles. The standard InChI is InChI=1S/C24H36O4/c1-5-28-23(27)20-13-16(14-24(20,3)4)17-10-8-11-19(22(17)15(2)25)18-9-6-7-12-21(18)26/h13,17,20-22,26H,5-12,14H2,1-4H3. The molecule has 2 saturated carbocycles. The molecule has 0 bridgehead atoms. The molecule has 4 atom stereocenters. The second kappa shape index (κ2) is 8.52. The highest BCUT2D eigenvalue weighted by atomic mass is 16.5. The zero-order valence-electron chi connectivity index (χ0n) is 17.9. The number of carbonyl (C=O) groups excluding carboxylic acids is 2. The Bertz CT molecular complexity index is 685. The maximum absolute atomic E-state index is 12.8. The van der Waals surface area contributed by atoms with E-state index >= 15 is 0 Å². The molecule has 1 N–H and O–H groups in total. The molecule has 0 spiro atoms. The average Bonchev–Trinajstić information content (AvgIpc) is 2.97. The van der Waals surface area contributed by atoms with E-state index in [-0.39, 0.29) is 41.0 Å². The Morgan fingerprint density at radius 2 is 1.86 bits per heavy atom. The number of carbonyl (C=O) groups is 2. The van der Waals surface area contributed by atoms with Crippen molar-refractivity contribution in [3.05, 3.63) is 22.8 Å². The highest BCUT2D eigenvalue weighted by Crippen LogP contribution is 2.51. The van der Waals surface area contributed by atoms with Crippen molar-refractivity contribution in [1.29, 1.82) is 0 Å². The highest BCUT2D eigenvalue weighted by Gasteiger charge is 2.45. The number of allylic oxidation sites excluding steroid dienone is 2. The molecule has 3 aliphatic rings. The predicted octanol–water partition coefficient (Wildman–Crippen LogP) is 4.76. The summed E-state index contributed by atoms with van der Waals surface area (Å²) in [7, 11) is 0. The lowest BCUT2D eigenvalue weighted by Gasteiger charge is -2.37. The fourth-order valence-corrected chi connectivity index (χ4v) is 5.74. The van der Waals surface area contributed by atoms with Crippen LogP contribution in [0.3, 0.4) is 0 Å². The van der Waals surface area contributed by atoms with E-state index in [0.717, 1.165) is 56.9 Å². The van der Waals surface area contributed by atoms with Crippen LogP contribution in [0.1, 0.15) is 79.1 Å². The molecular weight excluding hydrogens is 352 g/mol. The van der Waals surface area contributed by atoms with Gasteiger partial charge in [-0.1, -0.05) is 37.5 Å². The van der Waals surface area contributed by atoms with Gasteiger partial charge in [-0.15, -0.1) is 0 Å². The first-order chi connectivity index (χ1) is 13.3. The van der Waals surface area contributed by atoms with Gasteiger partial charge in [0, 0.05) is 5.92 Å². The van der Waals surface area contributed by atoms with E-state index in [2.05, 4.69) is 19.9 Å². The van der Waals surface area contributed by atoms with Gasteiger partial charge < -0.3 is 9.84 Å². The number of aliphatic hydroxyl groups excluding tert-OH is 1. The third-order valence-electron chi connectivity index (χ3n) is 7.06. The summed E-state index contributed by atoms with van der Waals surface area (Å²) in [5, 5.41) is 10.6. The summed E-state index contributed by atoms with van der Waals surface area (Å²) in [4.78, 5) is 25.3. The van der Waals surface area contributed by atoms with Crippen LogP contribution >= 0.6 is 0 Å². The summed E-state index contributed by atoms with van der Waals surface area (Å²) < 4.78 is 5.31. The van der Waals surface area contributed by atoms with Gasteiger partial charge in [-0.2, -0.15) is 0 Å². The van der Waals surface area contributed by atoms with E-state index in [9.17, 15) is 14.7 Å². The minimum atomic E-state index is -0.384. The lowest BCUT2D eigenvalue weighted by atomic mass is 9.67. The van der Waals surface area contributed by atoms with Gasteiger partial charge in [0.05, 0.1) is 18.6 Å². The fourth-order valence-electron chi connectivity index (χ4n) is 5.74. The lowest BCUT2D eigenvalue weighted by Crippen LogP contribution is -2.32. The van der Waals surface area contributed by atoms with Crippen molar-refractivity contribution in [3.63, 3.8) is 0 Å². The van der Waals surface area contributed by atoms with Gasteiger partial charge in [0.2, 0.25) is 0 Å². The minimum absolute atomic E-state index is 0.139. The molecule has 0 aromatic carbocycles. The second-order valence-corrected chi connectivity index (χ2v) is 9.54. The number of ketones is 1. The minimum Gasteiger partial charge on any atom is -0.466 e. The monoisotopic (exact) mass is 388 g/mol. The molecule has 28 heavy (non-hydrogen) atoms. The van der Waals surface area contributed by atoms with Crippen LogP contribution in [-0.4, -0.2) is 29.6 Å². The smallest absolute Gasteiger partial charge is 0.313 e. The topological polar surface area (TPSA) is 63.6 Å². The molecular formula is C24H36O4. The van der Waals surface area contributed by atoms with E-state index in [1.54, 1.807) is 6.92 Å². The average molecular weight is 389 g/mol. The Kier molecular flexibility index (Phi) is 6.48. The molecule has 0 aliphatic heterocycles. The molecule has 3 aliphatic carbocycles. The van der Waals surface area contributed by atoms with Crippen molar-refractivity contribution >= 4 is 11.8 Å². The first kappa shape index (κ1) is 21.3. The van der Waals surface area contributed by atoms with E-state index in [1.807, 2.05) is 6.92 Å². The molecule has 4 unspecified atom stereocenters. The van der Waals surface area contributed by atoms with E-state index in [4.69, 9.17) is 4.74 Å². The lowest BCUT2D eigenvalue weighted by molar-refractivity contribution is -0.149. The van der Waals surface area contributed by atoms with Gasteiger partial charge in [0.25, 0.3) is 0 Å². The van der Waals surface area contributed by atoms with Crippen LogP contribution in [0.4, 0.5) is 0 Å². The molecule has 0 amide bonds. The Labute approximate surface area is 169 Å². The number of hydrogen-bond acceptors (Lipinski definition) is 4. The first-order valence-electron chi connectivity index (χ1n) is 11.0. The molecule has 0 saturated heterocycles. The molecule has 3 rings (SSSR count). The molecule has 4 heteroatoms. The van der Waals surface area contributed by atoms with Crippen LogP contribution in [0.25, 0.3) is 0 Å². The van der Waals surface area contributed by atoms with Crippen LogP contribution in [-0.2, 0) is 14.3 Å². The predicted molar refractivity (Wildman–Crippen MR) is 110 cm³/mol. The summed E-state index contributed by atoms with van der Waals surface area (Å²) in [6, 6.07) is 0. The number of hydrogen-bond donors (Lipinski definition) is 1. The van der Waals surface area contributed by atoms with Gasteiger partial charge in [-0.3, -0.25) is 9.59 Å². The quantitative estimate of drug-likeness (QED) is 0.557. The van der Waals surface area contributed by atoms with E-state index < -0.39 is 0 Å². The van der Waals surface area contributed by atoms with E-state index in [0.29, 0.717) is 6.61 Å². The van der Waals surface area contributed by atoms with Gasteiger partial charge >= 0.3 is 5.97 Å². The Morgan fingerprint density at radius 3 is 2.50 bits per heavy atom. The Hall–Kier alpha value is -1.42. The fraction of sp³-hybridized carbons (Fsp3) is 0.750. The number of esters is 1. The molecule has 0 aromatic heterocycles. The Morgan fingerprint density at radius 1 is 1.14 bits per heavy atom. The second-order valence-electron chi connectivity index (χ2n) is 9.54. The van der Waals surface area contributed by atoms with Crippen molar-refractivity contribution in [2.45, 2.75) is 85.2 Å². The largest absolute Gasteiger partial charge is 0.466 e. The number of Topliss-reactive ketones (excluding diaryl/α,β-unsaturated/α-hetero) is 1. The number of ether oxygens (including phenoxy) is 1. The van der Waals surface area contributed by atoms with Crippen LogP contribution in [0, 0.1) is 23.2 Å². The summed E-state index contributed by atoms with van der Waals surface area (Å²) in [5.41, 5.74) is 3.40. The number of rotatable bonds is 4. The zero-order valence-corrected chi connectivity index (χ0v) is 17.9. The molecule has 0 aromatic rings. The van der Waals surface area contributed by atoms with Crippen LogP contribution < -0.4 is 0 Å². The normalized spacial score (nSPS) is 35.4. The van der Waals surface area contributed by atoms with Crippen LogP contribution in [0.2, 0.25) is 0 Å². The van der Waals surface area contributed by atoms with Crippen LogP contribution in [0.5, 0.6) is 0 Å². The summed E-state index contributed by atoms with van der Waals surface area (Å²) in [6.07, 6.45) is 9.39. The first-order valence-corrected chi connectivity index (χ1v) is 11.0. The maximum atomic E-state index is 12.8. The third kappa shape index (κ3) is 4.12. The summed E-state index contributed by atoms with van der Waals surface area (Å²) >= 11 is 0. The molecule has 156 valence electrons. The van der Waals surface area contributed by atoms with Crippen molar-refractivity contribution < 1.29 is 19.4 Å². The van der Waals surface area contributed by atoms with Gasteiger partial charge in [-0.05, 0) is 75.7 Å². The maximum Gasteiger partial charge on any atom is 0.313 e. The summed E-state index contributed by atoms with van der Waals surface area (Å²) in [5.74, 6) is -0.184. The SMILES string of the molecule is CCOC(=O)C1C=C(C2CCCC(=C3CCCCC3O)C2C(C)=O)CC1(C)C. The third-order valence-corrected chi connectivity index (χ3v) is 7.06. The molecule has 4 nitrogen and oxygen atoms in total.